The molecular formula is C21H21N3O2. The van der Waals surface area contributed by atoms with Gasteiger partial charge < -0.3 is 14.2 Å². The Bertz CT molecular complexity index is 861. The number of nitrogens with zero attached hydrogens (tertiary/aromatic N) is 3. The van der Waals surface area contributed by atoms with Crippen LogP contribution in [0.1, 0.15) is 11.7 Å². The van der Waals surface area contributed by atoms with Gasteiger partial charge in [-0.3, -0.25) is 4.79 Å². The number of carbonyl (C=O) groups is 1. The minimum absolute atomic E-state index is 0.0646. The Balaban J connectivity index is 1.47. The molecule has 3 aromatic rings. The second-order valence-electron chi connectivity index (χ2n) is 6.35. The summed E-state index contributed by atoms with van der Waals surface area (Å²) in [6.07, 6.45) is 3.53. The van der Waals surface area contributed by atoms with Crippen molar-refractivity contribution in [2.45, 2.75) is 12.6 Å². The first-order valence-electron chi connectivity index (χ1n) is 8.82. The molecule has 1 aliphatic heterocycles. The second-order valence-corrected chi connectivity index (χ2v) is 6.35. The minimum Gasteiger partial charge on any atom is -0.370 e. The molecular weight excluding hydrogens is 326 g/mol. The molecule has 0 spiro atoms. The third kappa shape index (κ3) is 3.53. The number of rotatable bonds is 4. The zero-order chi connectivity index (χ0) is 17.8. The quantitative estimate of drug-likeness (QED) is 0.728. The van der Waals surface area contributed by atoms with Crippen LogP contribution in [0, 0.1) is 0 Å². The summed E-state index contributed by atoms with van der Waals surface area (Å²) in [5, 5.41) is 0. The number of amides is 1. The van der Waals surface area contributed by atoms with E-state index in [1.807, 2.05) is 76.3 Å². The molecule has 1 saturated heterocycles. The van der Waals surface area contributed by atoms with E-state index in [2.05, 4.69) is 4.98 Å². The molecule has 132 valence electrons. The zero-order valence-electron chi connectivity index (χ0n) is 14.5. The molecule has 2 heterocycles. The Kier molecular flexibility index (Phi) is 4.80. The van der Waals surface area contributed by atoms with Crippen LogP contribution in [0.25, 0.3) is 11.4 Å². The predicted octanol–water partition coefficient (Wildman–Crippen LogP) is 3.15. The summed E-state index contributed by atoms with van der Waals surface area (Å²) in [6, 6.07) is 20.0. The molecule has 1 aromatic heterocycles. The zero-order valence-corrected chi connectivity index (χ0v) is 14.5. The van der Waals surface area contributed by atoms with Crippen LogP contribution in [0.5, 0.6) is 0 Å². The lowest BCUT2D eigenvalue weighted by Crippen LogP contribution is -2.43. The van der Waals surface area contributed by atoms with Crippen molar-refractivity contribution in [1.29, 1.82) is 0 Å². The van der Waals surface area contributed by atoms with Gasteiger partial charge in [0, 0.05) is 24.5 Å². The first kappa shape index (κ1) is 16.5. The Morgan fingerprint density at radius 3 is 2.58 bits per heavy atom. The average molecular weight is 347 g/mol. The van der Waals surface area contributed by atoms with E-state index in [0.29, 0.717) is 19.7 Å². The number of hydrogen-bond acceptors (Lipinski definition) is 3. The van der Waals surface area contributed by atoms with E-state index in [1.54, 1.807) is 6.20 Å². The van der Waals surface area contributed by atoms with E-state index in [9.17, 15) is 4.79 Å². The summed E-state index contributed by atoms with van der Waals surface area (Å²) >= 11 is 0. The van der Waals surface area contributed by atoms with Crippen LogP contribution in [0.3, 0.4) is 0 Å². The van der Waals surface area contributed by atoms with Gasteiger partial charge in [-0.25, -0.2) is 4.98 Å². The van der Waals surface area contributed by atoms with Gasteiger partial charge in [0.05, 0.1) is 13.2 Å². The van der Waals surface area contributed by atoms with Crippen LogP contribution in [0.15, 0.2) is 73.1 Å². The lowest BCUT2D eigenvalue weighted by atomic mass is 10.1. The Labute approximate surface area is 152 Å². The van der Waals surface area contributed by atoms with Gasteiger partial charge in [-0.05, 0) is 5.56 Å². The molecule has 1 atom stereocenters. The van der Waals surface area contributed by atoms with Crippen molar-refractivity contribution < 1.29 is 9.53 Å². The molecule has 0 bridgehead atoms. The van der Waals surface area contributed by atoms with Gasteiger partial charge in [0.25, 0.3) is 0 Å². The van der Waals surface area contributed by atoms with Crippen molar-refractivity contribution in [3.63, 3.8) is 0 Å². The first-order chi connectivity index (χ1) is 12.8. The summed E-state index contributed by atoms with van der Waals surface area (Å²) in [5.74, 6) is 0.899. The maximum Gasteiger partial charge on any atom is 0.242 e. The Morgan fingerprint density at radius 2 is 1.81 bits per heavy atom. The van der Waals surface area contributed by atoms with E-state index in [0.717, 1.165) is 17.0 Å². The number of carbonyl (C=O) groups excluding carboxylic acids is 1. The highest BCUT2D eigenvalue weighted by Crippen LogP contribution is 2.23. The molecule has 0 N–H and O–H groups in total. The molecule has 4 rings (SSSR count). The van der Waals surface area contributed by atoms with Gasteiger partial charge >= 0.3 is 0 Å². The number of benzene rings is 2. The summed E-state index contributed by atoms with van der Waals surface area (Å²) in [4.78, 5) is 19.1. The Hall–Kier alpha value is -2.92. The van der Waals surface area contributed by atoms with Gasteiger partial charge in [-0.2, -0.15) is 0 Å². The van der Waals surface area contributed by atoms with E-state index in [4.69, 9.17) is 4.74 Å². The molecule has 5 nitrogen and oxygen atoms in total. The van der Waals surface area contributed by atoms with Gasteiger partial charge in [0.15, 0.2) is 0 Å². The smallest absolute Gasteiger partial charge is 0.242 e. The van der Waals surface area contributed by atoms with Gasteiger partial charge in [-0.15, -0.1) is 0 Å². The van der Waals surface area contributed by atoms with E-state index >= 15 is 0 Å². The van der Waals surface area contributed by atoms with Crippen LogP contribution in [0.2, 0.25) is 0 Å². The fourth-order valence-electron chi connectivity index (χ4n) is 3.28. The first-order valence-corrected chi connectivity index (χ1v) is 8.82. The van der Waals surface area contributed by atoms with Gasteiger partial charge in [0.2, 0.25) is 5.91 Å². The van der Waals surface area contributed by atoms with Gasteiger partial charge in [0.1, 0.15) is 18.5 Å². The summed E-state index contributed by atoms with van der Waals surface area (Å²) in [7, 11) is 0. The Morgan fingerprint density at radius 1 is 1.08 bits per heavy atom. The maximum atomic E-state index is 12.8. The largest absolute Gasteiger partial charge is 0.370 e. The highest BCUT2D eigenvalue weighted by molar-refractivity contribution is 5.77. The molecule has 1 amide bonds. The van der Waals surface area contributed by atoms with Crippen LogP contribution in [0.4, 0.5) is 0 Å². The minimum atomic E-state index is -0.0646. The van der Waals surface area contributed by atoms with Crippen molar-refractivity contribution in [2.75, 3.05) is 19.7 Å². The van der Waals surface area contributed by atoms with Crippen molar-refractivity contribution in [2.24, 2.45) is 0 Å². The van der Waals surface area contributed by atoms with Gasteiger partial charge in [-0.1, -0.05) is 60.7 Å². The lowest BCUT2D eigenvalue weighted by molar-refractivity contribution is -0.139. The third-order valence-electron chi connectivity index (χ3n) is 4.64. The van der Waals surface area contributed by atoms with Crippen molar-refractivity contribution in [1.82, 2.24) is 14.5 Å². The molecule has 1 unspecified atom stereocenters. The van der Waals surface area contributed by atoms with E-state index in [-0.39, 0.29) is 18.6 Å². The number of ether oxygens (including phenoxy) is 1. The third-order valence-corrected chi connectivity index (χ3v) is 4.64. The standard InChI is InChI=1S/C21H21N3O2/c25-20(16-24-12-11-22-21(24)18-9-5-2-6-10-18)23-13-14-26-19(15-23)17-7-3-1-4-8-17/h1-12,19H,13-16H2. The molecule has 0 radical (unpaired) electrons. The monoisotopic (exact) mass is 347 g/mol. The summed E-state index contributed by atoms with van der Waals surface area (Å²) < 4.78 is 7.77. The molecule has 1 fully saturated rings. The molecule has 5 heteroatoms. The normalized spacial score (nSPS) is 17.2. The number of hydrogen-bond donors (Lipinski definition) is 0. The molecule has 2 aromatic carbocycles. The highest BCUT2D eigenvalue weighted by Gasteiger charge is 2.25. The molecule has 0 aliphatic carbocycles. The fraction of sp³-hybridized carbons (Fsp3) is 0.238. The van der Waals surface area contributed by atoms with E-state index in [1.165, 1.54) is 0 Å². The van der Waals surface area contributed by atoms with E-state index < -0.39 is 0 Å². The average Bonchev–Trinajstić information content (AvgIpc) is 3.17. The fourth-order valence-corrected chi connectivity index (χ4v) is 3.28. The number of aromatic nitrogens is 2. The topological polar surface area (TPSA) is 47.4 Å². The van der Waals surface area contributed by atoms with Crippen molar-refractivity contribution >= 4 is 5.91 Å². The predicted molar refractivity (Wildman–Crippen MR) is 99.4 cm³/mol. The molecule has 26 heavy (non-hydrogen) atoms. The molecule has 1 aliphatic rings. The SMILES string of the molecule is O=C(Cn1ccnc1-c1ccccc1)N1CCOC(c2ccccc2)C1. The summed E-state index contributed by atoms with van der Waals surface area (Å²) in [5.41, 5.74) is 2.12. The van der Waals surface area contributed by atoms with Crippen LogP contribution in [-0.2, 0) is 16.1 Å². The van der Waals surface area contributed by atoms with Crippen LogP contribution >= 0.6 is 0 Å². The highest BCUT2D eigenvalue weighted by atomic mass is 16.5. The second kappa shape index (κ2) is 7.54. The van der Waals surface area contributed by atoms with Crippen LogP contribution in [-0.4, -0.2) is 40.1 Å². The van der Waals surface area contributed by atoms with Crippen molar-refractivity contribution in [3.05, 3.63) is 78.6 Å². The molecule has 0 saturated carbocycles. The maximum absolute atomic E-state index is 12.8. The summed E-state index contributed by atoms with van der Waals surface area (Å²) in [6.45, 7) is 2.04. The van der Waals surface area contributed by atoms with Crippen LogP contribution < -0.4 is 0 Å². The van der Waals surface area contributed by atoms with Crippen molar-refractivity contribution in [3.8, 4) is 11.4 Å². The lowest BCUT2D eigenvalue weighted by Gasteiger charge is -2.33. The number of imidazole rings is 1. The number of morpholine rings is 1.